The zero-order valence-corrected chi connectivity index (χ0v) is 19.4. The van der Waals surface area contributed by atoms with Gasteiger partial charge in [-0.3, -0.25) is 14.7 Å². The van der Waals surface area contributed by atoms with Crippen LogP contribution in [0.25, 0.3) is 0 Å². The zero-order chi connectivity index (χ0) is 22.3. The van der Waals surface area contributed by atoms with Crippen molar-refractivity contribution >= 4 is 23.2 Å². The van der Waals surface area contributed by atoms with E-state index in [9.17, 15) is 4.79 Å². The van der Waals surface area contributed by atoms with Gasteiger partial charge in [-0.15, -0.1) is 0 Å². The molecule has 0 atom stereocenters. The lowest BCUT2D eigenvalue weighted by atomic mass is 9.87. The molecule has 1 aromatic carbocycles. The van der Waals surface area contributed by atoms with Gasteiger partial charge >= 0.3 is 0 Å². The average molecular weight is 455 g/mol. The van der Waals surface area contributed by atoms with Crippen molar-refractivity contribution < 1.29 is 9.63 Å². The number of hydrogen-bond acceptors (Lipinski definition) is 5. The predicted molar refractivity (Wildman–Crippen MR) is 127 cm³/mol. The van der Waals surface area contributed by atoms with Crippen molar-refractivity contribution in [3.63, 3.8) is 0 Å². The minimum atomic E-state index is 0.142. The molecule has 2 saturated heterocycles. The highest BCUT2D eigenvalue weighted by Crippen LogP contribution is 2.27. The van der Waals surface area contributed by atoms with Crippen LogP contribution in [0.5, 0.6) is 0 Å². The first-order valence-corrected chi connectivity index (χ1v) is 11.8. The molecule has 0 radical (unpaired) electrons. The molecule has 0 unspecified atom stereocenters. The molecule has 0 bridgehead atoms. The van der Waals surface area contributed by atoms with Gasteiger partial charge in [0.2, 0.25) is 5.91 Å². The van der Waals surface area contributed by atoms with Crippen molar-refractivity contribution in [1.29, 1.82) is 0 Å². The Kier molecular flexibility index (Phi) is 7.76. The molecule has 32 heavy (non-hydrogen) atoms. The maximum Gasteiger partial charge on any atom is 0.225 e. The Balaban J connectivity index is 1.28. The fourth-order valence-electron chi connectivity index (χ4n) is 4.80. The van der Waals surface area contributed by atoms with Crippen LogP contribution in [0.4, 0.5) is 0 Å². The number of rotatable bonds is 6. The minimum Gasteiger partial charge on any atom is -0.399 e. The smallest absolute Gasteiger partial charge is 0.225 e. The van der Waals surface area contributed by atoms with E-state index in [1.165, 1.54) is 5.56 Å². The molecule has 2 aromatic rings. The molecule has 2 aliphatic rings. The van der Waals surface area contributed by atoms with Gasteiger partial charge in [-0.25, -0.2) is 0 Å². The second kappa shape index (κ2) is 10.9. The summed E-state index contributed by atoms with van der Waals surface area (Å²) < 4.78 is 0. The minimum absolute atomic E-state index is 0.142. The average Bonchev–Trinajstić information content (AvgIpc) is 2.84. The van der Waals surface area contributed by atoms with E-state index >= 15 is 0 Å². The maximum absolute atomic E-state index is 13.2. The summed E-state index contributed by atoms with van der Waals surface area (Å²) in [5.74, 6) is 0.745. The first-order valence-electron chi connectivity index (χ1n) is 11.4. The van der Waals surface area contributed by atoms with Crippen LogP contribution in [0.3, 0.4) is 0 Å². The second-order valence-electron chi connectivity index (χ2n) is 8.67. The Labute approximate surface area is 195 Å². The van der Waals surface area contributed by atoms with E-state index in [-0.39, 0.29) is 11.8 Å². The van der Waals surface area contributed by atoms with Crippen molar-refractivity contribution in [3.8, 4) is 0 Å². The van der Waals surface area contributed by atoms with Crippen molar-refractivity contribution in [2.24, 2.45) is 17.0 Å². The van der Waals surface area contributed by atoms with Gasteiger partial charge in [-0.1, -0.05) is 28.9 Å². The number of benzene rings is 1. The molecular formula is C25H31ClN4O2. The lowest BCUT2D eigenvalue weighted by molar-refractivity contribution is -0.138. The summed E-state index contributed by atoms with van der Waals surface area (Å²) >= 11 is 6.04. The first-order chi connectivity index (χ1) is 15.6. The van der Waals surface area contributed by atoms with Gasteiger partial charge in [0.05, 0.1) is 5.71 Å². The zero-order valence-electron chi connectivity index (χ0n) is 18.6. The number of carbonyl (C=O) groups excluding carboxylic acids is 1. The number of amides is 1. The van der Waals surface area contributed by atoms with E-state index in [1.54, 1.807) is 7.11 Å². The normalized spacial score (nSPS) is 19.2. The number of carbonyl (C=O) groups is 1. The standard InChI is InChI=1S/C25H31ClN4O2/c1-32-28-24(20-2-4-23(26)5-3-20)21-10-16-30(17-11-21)25(31)22-8-14-29(15-9-22)18-19-6-12-27-13-7-19/h2-7,12-13,21-22H,8-11,14-18H2,1H3/b28-24-. The van der Waals surface area contributed by atoms with Gasteiger partial charge in [-0.05, 0) is 74.2 Å². The second-order valence-corrected chi connectivity index (χ2v) is 9.11. The molecule has 1 amide bonds. The van der Waals surface area contributed by atoms with Crippen LogP contribution in [0.1, 0.15) is 36.8 Å². The fraction of sp³-hybridized carbons (Fsp3) is 0.480. The Bertz CT molecular complexity index is 903. The lowest BCUT2D eigenvalue weighted by Gasteiger charge is -2.37. The summed E-state index contributed by atoms with van der Waals surface area (Å²) in [6.07, 6.45) is 7.35. The Hall–Kier alpha value is -2.44. The van der Waals surface area contributed by atoms with E-state index in [0.29, 0.717) is 10.9 Å². The van der Waals surface area contributed by atoms with Crippen molar-refractivity contribution in [2.75, 3.05) is 33.3 Å². The highest BCUT2D eigenvalue weighted by molar-refractivity contribution is 6.30. The molecule has 0 spiro atoms. The van der Waals surface area contributed by atoms with Crippen LogP contribution < -0.4 is 0 Å². The molecular weight excluding hydrogens is 424 g/mol. The fourth-order valence-corrected chi connectivity index (χ4v) is 4.92. The van der Waals surface area contributed by atoms with E-state index < -0.39 is 0 Å². The summed E-state index contributed by atoms with van der Waals surface area (Å²) in [6.45, 7) is 4.42. The molecule has 7 heteroatoms. The first kappa shape index (κ1) is 22.7. The topological polar surface area (TPSA) is 58.0 Å². The van der Waals surface area contributed by atoms with Crippen LogP contribution in [0.2, 0.25) is 5.02 Å². The number of hydrogen-bond donors (Lipinski definition) is 0. The van der Waals surface area contributed by atoms with Crippen LogP contribution in [0.15, 0.2) is 53.9 Å². The Morgan fingerprint density at radius 1 is 1.00 bits per heavy atom. The number of aromatic nitrogens is 1. The molecule has 2 aliphatic heterocycles. The maximum atomic E-state index is 13.2. The van der Waals surface area contributed by atoms with E-state index in [1.807, 2.05) is 36.7 Å². The van der Waals surface area contributed by atoms with Gasteiger partial charge in [0.25, 0.3) is 0 Å². The van der Waals surface area contributed by atoms with Crippen molar-refractivity contribution in [1.82, 2.24) is 14.8 Å². The Morgan fingerprint density at radius 2 is 1.62 bits per heavy atom. The molecule has 0 aliphatic carbocycles. The highest BCUT2D eigenvalue weighted by Gasteiger charge is 2.32. The SMILES string of the molecule is CO/N=C(/c1ccc(Cl)cc1)C1CCN(C(=O)C2CCN(Cc3ccncc3)CC2)CC1. The van der Waals surface area contributed by atoms with E-state index in [2.05, 4.69) is 32.1 Å². The van der Waals surface area contributed by atoms with Crippen molar-refractivity contribution in [3.05, 3.63) is 64.9 Å². The predicted octanol–water partition coefficient (Wildman–Crippen LogP) is 4.24. The van der Waals surface area contributed by atoms with Gasteiger partial charge in [0, 0.05) is 48.9 Å². The monoisotopic (exact) mass is 454 g/mol. The molecule has 2 fully saturated rings. The van der Waals surface area contributed by atoms with Gasteiger partial charge < -0.3 is 9.74 Å². The quantitative estimate of drug-likeness (QED) is 0.484. The van der Waals surface area contributed by atoms with E-state index in [4.69, 9.17) is 16.4 Å². The third-order valence-corrected chi connectivity index (χ3v) is 6.87. The van der Waals surface area contributed by atoms with Crippen LogP contribution in [0, 0.1) is 11.8 Å². The molecule has 4 rings (SSSR count). The number of piperidine rings is 2. The largest absolute Gasteiger partial charge is 0.399 e. The van der Waals surface area contributed by atoms with Gasteiger partial charge in [-0.2, -0.15) is 0 Å². The van der Waals surface area contributed by atoms with Crippen LogP contribution in [-0.4, -0.2) is 59.7 Å². The summed E-state index contributed by atoms with van der Waals surface area (Å²) in [6, 6.07) is 11.8. The summed E-state index contributed by atoms with van der Waals surface area (Å²) in [7, 11) is 1.58. The number of oxime groups is 1. The third-order valence-electron chi connectivity index (χ3n) is 6.62. The molecule has 0 N–H and O–H groups in total. The molecule has 170 valence electrons. The number of nitrogens with zero attached hydrogens (tertiary/aromatic N) is 4. The number of halogens is 1. The molecule has 0 saturated carbocycles. The number of pyridine rings is 1. The highest BCUT2D eigenvalue weighted by atomic mass is 35.5. The van der Waals surface area contributed by atoms with E-state index in [0.717, 1.165) is 69.7 Å². The third kappa shape index (κ3) is 5.67. The number of likely N-dealkylation sites (tertiary alicyclic amines) is 2. The Morgan fingerprint density at radius 3 is 2.25 bits per heavy atom. The van der Waals surface area contributed by atoms with Crippen LogP contribution in [-0.2, 0) is 16.2 Å². The van der Waals surface area contributed by atoms with Crippen molar-refractivity contribution in [2.45, 2.75) is 32.2 Å². The van der Waals surface area contributed by atoms with Gasteiger partial charge in [0.15, 0.2) is 0 Å². The molecule has 6 nitrogen and oxygen atoms in total. The van der Waals surface area contributed by atoms with Gasteiger partial charge in [0.1, 0.15) is 7.11 Å². The molecule has 1 aromatic heterocycles. The van der Waals surface area contributed by atoms with Crippen LogP contribution >= 0.6 is 11.6 Å². The summed E-state index contributed by atoms with van der Waals surface area (Å²) in [4.78, 5) is 26.9. The lowest BCUT2D eigenvalue weighted by Crippen LogP contribution is -2.46. The summed E-state index contributed by atoms with van der Waals surface area (Å²) in [5.41, 5.74) is 3.25. The molecule has 3 heterocycles. The summed E-state index contributed by atoms with van der Waals surface area (Å²) in [5, 5.41) is 5.02.